The lowest BCUT2D eigenvalue weighted by Gasteiger charge is -2.23. The molecule has 2 amide bonds. The van der Waals surface area contributed by atoms with E-state index in [9.17, 15) is 9.59 Å². The molecule has 1 rings (SSSR count). The Morgan fingerprint density at radius 2 is 2.16 bits per heavy atom. The van der Waals surface area contributed by atoms with Crippen LogP contribution in [-0.4, -0.2) is 37.4 Å². The molecule has 19 heavy (non-hydrogen) atoms. The second kappa shape index (κ2) is 6.03. The summed E-state index contributed by atoms with van der Waals surface area (Å²) in [7, 11) is 3.32. The van der Waals surface area contributed by atoms with E-state index in [0.717, 1.165) is 0 Å². The molecule has 0 aliphatic carbocycles. The minimum absolute atomic E-state index is 0.0806. The second-order valence-electron chi connectivity index (χ2n) is 4.40. The van der Waals surface area contributed by atoms with Gasteiger partial charge in [0, 0.05) is 20.6 Å². The summed E-state index contributed by atoms with van der Waals surface area (Å²) in [6, 6.07) is 1.48. The van der Waals surface area contributed by atoms with Crippen molar-refractivity contribution in [3.63, 3.8) is 0 Å². The third kappa shape index (κ3) is 3.57. The first-order chi connectivity index (χ1) is 8.86. The van der Waals surface area contributed by atoms with Crippen molar-refractivity contribution in [2.45, 2.75) is 6.92 Å². The number of anilines is 2. The van der Waals surface area contributed by atoms with E-state index in [-0.39, 0.29) is 17.4 Å². The largest absolute Gasteiger partial charge is 0.397 e. The molecule has 1 aromatic rings. The lowest BCUT2D eigenvalue weighted by Crippen LogP contribution is -2.35. The lowest BCUT2D eigenvalue weighted by molar-refractivity contribution is -0.123. The molecule has 0 saturated carbocycles. The summed E-state index contributed by atoms with van der Waals surface area (Å²) >= 11 is 0. The monoisotopic (exact) mass is 265 g/mol. The average Bonchev–Trinajstić information content (AvgIpc) is 2.37. The van der Waals surface area contributed by atoms with Crippen LogP contribution in [0, 0.1) is 5.92 Å². The van der Waals surface area contributed by atoms with E-state index in [0.29, 0.717) is 18.1 Å². The first-order valence-electron chi connectivity index (χ1n) is 5.84. The average molecular weight is 265 g/mol. The number of aromatic nitrogens is 1. The van der Waals surface area contributed by atoms with E-state index in [2.05, 4.69) is 10.3 Å². The third-order valence-corrected chi connectivity index (χ3v) is 2.76. The molecule has 5 N–H and O–H groups in total. The molecule has 104 valence electrons. The zero-order valence-electron chi connectivity index (χ0n) is 11.3. The van der Waals surface area contributed by atoms with Crippen LogP contribution in [0.5, 0.6) is 0 Å². The molecule has 7 heteroatoms. The fourth-order valence-electron chi connectivity index (χ4n) is 1.79. The van der Waals surface area contributed by atoms with Crippen LogP contribution in [0.4, 0.5) is 11.5 Å². The van der Waals surface area contributed by atoms with Crippen molar-refractivity contribution in [2.24, 2.45) is 11.7 Å². The second-order valence-corrected chi connectivity index (χ2v) is 4.40. The van der Waals surface area contributed by atoms with Gasteiger partial charge in [-0.1, -0.05) is 6.92 Å². The summed E-state index contributed by atoms with van der Waals surface area (Å²) in [6.07, 6.45) is 1.45. The van der Waals surface area contributed by atoms with Gasteiger partial charge in [0.1, 0.15) is 5.82 Å². The number of carbonyl (C=O) groups is 2. The number of rotatable bonds is 5. The van der Waals surface area contributed by atoms with E-state index >= 15 is 0 Å². The van der Waals surface area contributed by atoms with Crippen molar-refractivity contribution >= 4 is 23.3 Å². The van der Waals surface area contributed by atoms with Crippen LogP contribution in [0.15, 0.2) is 12.3 Å². The number of nitrogens with one attached hydrogen (secondary N) is 1. The highest BCUT2D eigenvalue weighted by atomic mass is 16.2. The normalized spacial score (nSPS) is 11.7. The Morgan fingerprint density at radius 3 is 2.68 bits per heavy atom. The van der Waals surface area contributed by atoms with Crippen LogP contribution in [0.3, 0.4) is 0 Å². The molecule has 0 aromatic carbocycles. The van der Waals surface area contributed by atoms with Crippen molar-refractivity contribution < 1.29 is 9.59 Å². The summed E-state index contributed by atoms with van der Waals surface area (Å²) in [5.41, 5.74) is 11.5. The Hall–Kier alpha value is -2.31. The number of carbonyl (C=O) groups excluding carboxylic acids is 2. The van der Waals surface area contributed by atoms with E-state index in [1.165, 1.54) is 12.3 Å². The van der Waals surface area contributed by atoms with Gasteiger partial charge in [0.15, 0.2) is 0 Å². The zero-order chi connectivity index (χ0) is 14.6. The Labute approximate surface area is 112 Å². The molecular weight excluding hydrogens is 246 g/mol. The molecule has 0 bridgehead atoms. The highest BCUT2D eigenvalue weighted by Gasteiger charge is 2.18. The van der Waals surface area contributed by atoms with Crippen LogP contribution in [0.25, 0.3) is 0 Å². The predicted octanol–water partition coefficient (Wildman–Crippen LogP) is -0.419. The van der Waals surface area contributed by atoms with Gasteiger partial charge in [-0.15, -0.1) is 0 Å². The van der Waals surface area contributed by atoms with Crippen molar-refractivity contribution in [1.82, 2.24) is 10.3 Å². The Balaban J connectivity index is 2.96. The summed E-state index contributed by atoms with van der Waals surface area (Å²) in [5.74, 6) is -0.510. The standard InChI is InChI=1S/C12H19N5O2/c1-7(12(19)15-2)6-17(3)11-9(10(14)18)4-8(13)5-16-11/h4-5,7H,6,13H2,1-3H3,(H2,14,18)(H,15,19). The number of pyridine rings is 1. The maximum absolute atomic E-state index is 11.5. The maximum atomic E-state index is 11.5. The van der Waals surface area contributed by atoms with Gasteiger partial charge >= 0.3 is 0 Å². The topological polar surface area (TPSA) is 114 Å². The lowest BCUT2D eigenvalue weighted by atomic mass is 10.1. The summed E-state index contributed by atoms with van der Waals surface area (Å²) < 4.78 is 0. The molecule has 0 saturated heterocycles. The number of nitrogens with two attached hydrogens (primary N) is 2. The SMILES string of the molecule is CNC(=O)C(C)CN(C)c1ncc(N)cc1C(N)=O. The minimum atomic E-state index is -0.603. The zero-order valence-corrected chi connectivity index (χ0v) is 11.3. The Kier molecular flexibility index (Phi) is 4.68. The molecule has 0 spiro atoms. The summed E-state index contributed by atoms with van der Waals surface area (Å²) in [6.45, 7) is 2.20. The molecule has 1 heterocycles. The van der Waals surface area contributed by atoms with Gasteiger partial charge in [-0.25, -0.2) is 4.98 Å². The minimum Gasteiger partial charge on any atom is -0.397 e. The van der Waals surface area contributed by atoms with Gasteiger partial charge in [-0.2, -0.15) is 0 Å². The van der Waals surface area contributed by atoms with Crippen molar-refractivity contribution in [3.8, 4) is 0 Å². The van der Waals surface area contributed by atoms with Gasteiger partial charge in [-0.3, -0.25) is 9.59 Å². The first kappa shape index (κ1) is 14.7. The molecule has 1 unspecified atom stereocenters. The molecule has 0 radical (unpaired) electrons. The predicted molar refractivity (Wildman–Crippen MR) is 73.7 cm³/mol. The number of hydrogen-bond donors (Lipinski definition) is 3. The van der Waals surface area contributed by atoms with Crippen LogP contribution < -0.4 is 21.7 Å². The highest BCUT2D eigenvalue weighted by Crippen LogP contribution is 2.19. The van der Waals surface area contributed by atoms with Crippen LogP contribution in [0.1, 0.15) is 17.3 Å². The van der Waals surface area contributed by atoms with Crippen molar-refractivity contribution in [3.05, 3.63) is 17.8 Å². The van der Waals surface area contributed by atoms with Crippen LogP contribution >= 0.6 is 0 Å². The fourth-order valence-corrected chi connectivity index (χ4v) is 1.79. The third-order valence-electron chi connectivity index (χ3n) is 2.76. The number of hydrogen-bond acceptors (Lipinski definition) is 5. The fraction of sp³-hybridized carbons (Fsp3) is 0.417. The highest BCUT2D eigenvalue weighted by molar-refractivity contribution is 5.98. The first-order valence-corrected chi connectivity index (χ1v) is 5.84. The van der Waals surface area contributed by atoms with Gasteiger partial charge < -0.3 is 21.7 Å². The smallest absolute Gasteiger partial charge is 0.252 e. The van der Waals surface area contributed by atoms with Gasteiger partial charge in [0.2, 0.25) is 5.91 Å². The molecule has 7 nitrogen and oxygen atoms in total. The molecule has 0 aliphatic rings. The van der Waals surface area contributed by atoms with E-state index in [4.69, 9.17) is 11.5 Å². The molecule has 0 fully saturated rings. The number of primary amides is 1. The van der Waals surface area contributed by atoms with Crippen LogP contribution in [0.2, 0.25) is 0 Å². The number of nitrogen functional groups attached to an aromatic ring is 1. The van der Waals surface area contributed by atoms with Crippen molar-refractivity contribution in [2.75, 3.05) is 31.3 Å². The summed E-state index contributed by atoms with van der Waals surface area (Å²) in [5, 5.41) is 2.57. The van der Waals surface area contributed by atoms with E-state index in [1.54, 1.807) is 25.9 Å². The van der Waals surface area contributed by atoms with E-state index < -0.39 is 5.91 Å². The van der Waals surface area contributed by atoms with Gasteiger partial charge in [0.05, 0.1) is 23.4 Å². The quantitative estimate of drug-likeness (QED) is 0.669. The van der Waals surface area contributed by atoms with Gasteiger partial charge in [-0.05, 0) is 6.07 Å². The Bertz CT molecular complexity index is 489. The molecular formula is C12H19N5O2. The Morgan fingerprint density at radius 1 is 1.53 bits per heavy atom. The molecule has 1 aromatic heterocycles. The van der Waals surface area contributed by atoms with E-state index in [1.807, 2.05) is 0 Å². The maximum Gasteiger partial charge on any atom is 0.252 e. The summed E-state index contributed by atoms with van der Waals surface area (Å²) in [4.78, 5) is 28.7. The molecule has 1 atom stereocenters. The van der Waals surface area contributed by atoms with Gasteiger partial charge in [0.25, 0.3) is 5.91 Å². The van der Waals surface area contributed by atoms with Crippen molar-refractivity contribution in [1.29, 1.82) is 0 Å². The van der Waals surface area contributed by atoms with Crippen LogP contribution in [-0.2, 0) is 4.79 Å². The number of amides is 2. The number of nitrogens with zero attached hydrogens (tertiary/aromatic N) is 2. The molecule has 0 aliphatic heterocycles.